The van der Waals surface area contributed by atoms with Gasteiger partial charge in [0, 0.05) is 0 Å². The van der Waals surface area contributed by atoms with Crippen LogP contribution in [-0.2, 0) is 4.79 Å². The number of carbonyl (C=O) groups excluding carboxylic acids is 2. The highest BCUT2D eigenvalue weighted by atomic mass is 19.4. The van der Waals surface area contributed by atoms with E-state index in [4.69, 9.17) is 4.42 Å². The van der Waals surface area contributed by atoms with Crippen LogP contribution in [-0.4, -0.2) is 30.7 Å². The van der Waals surface area contributed by atoms with Crippen molar-refractivity contribution in [3.05, 3.63) is 23.7 Å². The lowest BCUT2D eigenvalue weighted by atomic mass is 10.2. The van der Waals surface area contributed by atoms with Crippen molar-refractivity contribution in [2.45, 2.75) is 39.0 Å². The van der Waals surface area contributed by atoms with Gasteiger partial charge in [-0.05, 0) is 32.9 Å². The summed E-state index contributed by atoms with van der Waals surface area (Å²) >= 11 is 0. The number of rotatable bonds is 5. The van der Waals surface area contributed by atoms with Crippen molar-refractivity contribution >= 4 is 11.9 Å². The van der Waals surface area contributed by atoms with Gasteiger partial charge in [-0.25, -0.2) is 4.79 Å². The molecular formula is C13H18F3N3O3. The summed E-state index contributed by atoms with van der Waals surface area (Å²) in [7, 11) is 0. The molecule has 124 valence electrons. The largest absolute Gasteiger partial charge is 0.465 e. The summed E-state index contributed by atoms with van der Waals surface area (Å²) in [4.78, 5) is 22.9. The number of hydrogen-bond donors (Lipinski definition) is 3. The van der Waals surface area contributed by atoms with E-state index in [9.17, 15) is 22.8 Å². The number of aryl methyl sites for hydroxylation is 1. The molecule has 1 aromatic rings. The van der Waals surface area contributed by atoms with Crippen molar-refractivity contribution in [1.82, 2.24) is 16.0 Å². The third-order valence-electron chi connectivity index (χ3n) is 2.77. The Morgan fingerprint density at radius 2 is 1.91 bits per heavy atom. The molecule has 0 saturated carbocycles. The molecule has 0 fully saturated rings. The van der Waals surface area contributed by atoms with Crippen LogP contribution in [0.15, 0.2) is 16.5 Å². The molecule has 0 saturated heterocycles. The first-order valence-corrected chi connectivity index (χ1v) is 6.56. The number of carbonyl (C=O) groups is 2. The van der Waals surface area contributed by atoms with Crippen LogP contribution < -0.4 is 16.0 Å². The topological polar surface area (TPSA) is 83.4 Å². The summed E-state index contributed by atoms with van der Waals surface area (Å²) in [5.74, 6) is 0.584. The van der Waals surface area contributed by atoms with Crippen LogP contribution in [0.25, 0.3) is 0 Å². The van der Waals surface area contributed by atoms with Crippen LogP contribution >= 0.6 is 0 Å². The maximum absolute atomic E-state index is 11.9. The second-order valence-corrected chi connectivity index (χ2v) is 4.85. The lowest BCUT2D eigenvalue weighted by molar-refractivity contribution is -0.125. The molecule has 0 aliphatic rings. The Labute approximate surface area is 125 Å². The van der Waals surface area contributed by atoms with Crippen LogP contribution in [0.1, 0.15) is 31.4 Å². The molecule has 6 nitrogen and oxygen atoms in total. The van der Waals surface area contributed by atoms with Crippen molar-refractivity contribution in [3.8, 4) is 0 Å². The normalized spacial score (nSPS) is 14.3. The Bertz CT molecular complexity index is 528. The first kappa shape index (κ1) is 18.0. The Hall–Kier alpha value is -2.03. The fraction of sp³-hybridized carbons (Fsp3) is 0.538. The predicted molar refractivity (Wildman–Crippen MR) is 72.1 cm³/mol. The number of hydrogen-bond acceptors (Lipinski definition) is 4. The zero-order valence-corrected chi connectivity index (χ0v) is 12.4. The number of alkyl halides is 3. The highest BCUT2D eigenvalue weighted by Crippen LogP contribution is 2.16. The summed E-state index contributed by atoms with van der Waals surface area (Å²) < 4.78 is 41.2. The monoisotopic (exact) mass is 321 g/mol. The standard InChI is InChI=1S/C13H18F3N3O3/c1-7-4-5-10(22-7)8(2)18-9(3)11(20)19-12(21)17-6-13(14,15)16/h4-5,8-9,18H,6H2,1-3H3,(H2,17,19,20,21)/t8-,9+/m0/s1. The highest BCUT2D eigenvalue weighted by Gasteiger charge is 2.28. The van der Waals surface area contributed by atoms with Crippen molar-refractivity contribution in [1.29, 1.82) is 0 Å². The minimum Gasteiger partial charge on any atom is -0.465 e. The first-order valence-electron chi connectivity index (χ1n) is 6.56. The van der Waals surface area contributed by atoms with Gasteiger partial charge >= 0.3 is 12.2 Å². The third-order valence-corrected chi connectivity index (χ3v) is 2.77. The molecule has 3 N–H and O–H groups in total. The van der Waals surface area contributed by atoms with Crippen LogP contribution in [0.2, 0.25) is 0 Å². The molecular weight excluding hydrogens is 303 g/mol. The van der Waals surface area contributed by atoms with Crippen molar-refractivity contribution in [2.75, 3.05) is 6.54 Å². The van der Waals surface area contributed by atoms with Crippen LogP contribution in [0.5, 0.6) is 0 Å². The maximum Gasteiger partial charge on any atom is 0.405 e. The van der Waals surface area contributed by atoms with E-state index in [1.165, 1.54) is 6.92 Å². The fourth-order valence-corrected chi connectivity index (χ4v) is 1.66. The van der Waals surface area contributed by atoms with Gasteiger partial charge in [-0.1, -0.05) is 0 Å². The average Bonchev–Trinajstić information content (AvgIpc) is 2.82. The molecule has 0 spiro atoms. The lowest BCUT2D eigenvalue weighted by Crippen LogP contribution is -2.49. The smallest absolute Gasteiger partial charge is 0.405 e. The summed E-state index contributed by atoms with van der Waals surface area (Å²) in [5, 5.41) is 6.27. The number of urea groups is 1. The van der Waals surface area contributed by atoms with Crippen molar-refractivity contribution in [2.24, 2.45) is 0 Å². The van der Waals surface area contributed by atoms with Crippen LogP contribution in [0, 0.1) is 6.92 Å². The predicted octanol–water partition coefficient (Wildman–Crippen LogP) is 2.02. The summed E-state index contributed by atoms with van der Waals surface area (Å²) in [5.41, 5.74) is 0. The van der Waals surface area contributed by atoms with E-state index >= 15 is 0 Å². The van der Waals surface area contributed by atoms with Gasteiger partial charge in [0.15, 0.2) is 0 Å². The molecule has 9 heteroatoms. The van der Waals surface area contributed by atoms with Crippen LogP contribution in [0.3, 0.4) is 0 Å². The molecule has 1 heterocycles. The van der Waals surface area contributed by atoms with Gasteiger partial charge in [-0.15, -0.1) is 0 Å². The molecule has 0 bridgehead atoms. The molecule has 0 radical (unpaired) electrons. The Kier molecular flexibility index (Phi) is 5.98. The van der Waals surface area contributed by atoms with Gasteiger partial charge in [0.1, 0.15) is 18.1 Å². The molecule has 2 atom stereocenters. The molecule has 1 aromatic heterocycles. The summed E-state index contributed by atoms with van der Waals surface area (Å²) in [6, 6.07) is 1.22. The van der Waals surface area contributed by atoms with Gasteiger partial charge in [-0.3, -0.25) is 15.4 Å². The third kappa shape index (κ3) is 6.17. The Morgan fingerprint density at radius 1 is 1.27 bits per heavy atom. The molecule has 1 rings (SSSR count). The quantitative estimate of drug-likeness (QED) is 0.775. The lowest BCUT2D eigenvalue weighted by Gasteiger charge is -2.18. The number of halogens is 3. The maximum atomic E-state index is 11.9. The minimum atomic E-state index is -4.53. The molecule has 0 aliphatic heterocycles. The van der Waals surface area contributed by atoms with Gasteiger partial charge in [0.2, 0.25) is 5.91 Å². The summed E-state index contributed by atoms with van der Waals surface area (Å²) in [6.07, 6.45) is -4.53. The van der Waals surface area contributed by atoms with E-state index in [-0.39, 0.29) is 6.04 Å². The minimum absolute atomic E-state index is 0.298. The fourth-order valence-electron chi connectivity index (χ4n) is 1.66. The SMILES string of the molecule is Cc1ccc([C@H](C)N[C@H](C)C(=O)NC(=O)NCC(F)(F)F)o1. The van der Waals surface area contributed by atoms with Gasteiger partial charge in [-0.2, -0.15) is 13.2 Å². The second-order valence-electron chi connectivity index (χ2n) is 4.85. The first-order chi connectivity index (χ1) is 10.1. The number of nitrogens with one attached hydrogen (secondary N) is 3. The number of amides is 3. The van der Waals surface area contributed by atoms with Crippen molar-refractivity contribution in [3.63, 3.8) is 0 Å². The highest BCUT2D eigenvalue weighted by molar-refractivity contribution is 5.96. The number of furan rings is 1. The van der Waals surface area contributed by atoms with Gasteiger partial charge in [0.05, 0.1) is 12.1 Å². The molecule has 0 unspecified atom stereocenters. The molecule has 22 heavy (non-hydrogen) atoms. The van der Waals surface area contributed by atoms with E-state index in [0.29, 0.717) is 11.5 Å². The molecule has 0 aliphatic carbocycles. The van der Waals surface area contributed by atoms with E-state index < -0.39 is 30.7 Å². The van der Waals surface area contributed by atoms with Gasteiger partial charge in [0.25, 0.3) is 0 Å². The summed E-state index contributed by atoms with van der Waals surface area (Å²) in [6.45, 7) is 3.51. The molecule has 0 aromatic carbocycles. The van der Waals surface area contributed by atoms with E-state index in [1.54, 1.807) is 31.3 Å². The zero-order valence-electron chi connectivity index (χ0n) is 12.4. The van der Waals surface area contributed by atoms with Crippen LogP contribution in [0.4, 0.5) is 18.0 Å². The average molecular weight is 321 g/mol. The van der Waals surface area contributed by atoms with E-state index in [2.05, 4.69) is 5.32 Å². The number of imide groups is 1. The second kappa shape index (κ2) is 7.30. The van der Waals surface area contributed by atoms with Gasteiger partial charge < -0.3 is 9.73 Å². The van der Waals surface area contributed by atoms with E-state index in [1.807, 2.05) is 5.32 Å². The zero-order chi connectivity index (χ0) is 16.9. The van der Waals surface area contributed by atoms with Crippen molar-refractivity contribution < 1.29 is 27.2 Å². The molecule has 3 amide bonds. The van der Waals surface area contributed by atoms with E-state index in [0.717, 1.165) is 0 Å². The Balaban J connectivity index is 2.43. The Morgan fingerprint density at radius 3 is 2.41 bits per heavy atom.